The minimum atomic E-state index is 0.288. The molecule has 1 rings (SSSR count). The van der Waals surface area contributed by atoms with Gasteiger partial charge in [0.25, 0.3) is 0 Å². The Labute approximate surface area is 127 Å². The van der Waals surface area contributed by atoms with Gasteiger partial charge in [0.1, 0.15) is 12.4 Å². The SMILES string of the molecule is CN(CCCCCO)CCOc1cccc(C#CCN)c1. The second kappa shape index (κ2) is 11.2. The lowest BCUT2D eigenvalue weighted by atomic mass is 10.2. The van der Waals surface area contributed by atoms with Crippen LogP contribution in [0.25, 0.3) is 0 Å². The van der Waals surface area contributed by atoms with Crippen molar-refractivity contribution in [2.45, 2.75) is 19.3 Å². The molecular formula is C17H26N2O2. The van der Waals surface area contributed by atoms with E-state index in [0.29, 0.717) is 13.2 Å². The third-order valence-electron chi connectivity index (χ3n) is 3.11. The summed E-state index contributed by atoms with van der Waals surface area (Å²) in [6, 6.07) is 7.76. The predicted molar refractivity (Wildman–Crippen MR) is 86.3 cm³/mol. The Balaban J connectivity index is 2.25. The average Bonchev–Trinajstić information content (AvgIpc) is 2.50. The largest absolute Gasteiger partial charge is 0.492 e. The molecule has 0 aliphatic carbocycles. The maximum atomic E-state index is 8.73. The molecule has 0 radical (unpaired) electrons. The molecule has 0 bridgehead atoms. The maximum Gasteiger partial charge on any atom is 0.120 e. The van der Waals surface area contributed by atoms with Crippen molar-refractivity contribution in [2.75, 3.05) is 39.9 Å². The van der Waals surface area contributed by atoms with E-state index in [-0.39, 0.29) is 6.61 Å². The van der Waals surface area contributed by atoms with Crippen LogP contribution in [0.1, 0.15) is 24.8 Å². The molecule has 0 saturated carbocycles. The Kier molecular flexibility index (Phi) is 9.30. The van der Waals surface area contributed by atoms with Crippen LogP contribution >= 0.6 is 0 Å². The Morgan fingerprint density at radius 2 is 2.10 bits per heavy atom. The zero-order chi connectivity index (χ0) is 15.3. The maximum absolute atomic E-state index is 8.73. The second-order valence-corrected chi connectivity index (χ2v) is 4.97. The van der Waals surface area contributed by atoms with E-state index in [2.05, 4.69) is 23.8 Å². The summed E-state index contributed by atoms with van der Waals surface area (Å²) < 4.78 is 5.74. The second-order valence-electron chi connectivity index (χ2n) is 4.97. The molecule has 1 aromatic carbocycles. The lowest BCUT2D eigenvalue weighted by Crippen LogP contribution is -2.25. The van der Waals surface area contributed by atoms with Gasteiger partial charge in [0.15, 0.2) is 0 Å². The summed E-state index contributed by atoms with van der Waals surface area (Å²) in [5.74, 6) is 6.67. The number of likely N-dealkylation sites (N-methyl/N-ethyl adjacent to an activating group) is 1. The molecule has 0 unspecified atom stereocenters. The molecule has 0 saturated heterocycles. The molecule has 0 atom stereocenters. The highest BCUT2D eigenvalue weighted by molar-refractivity contribution is 5.39. The molecule has 0 amide bonds. The summed E-state index contributed by atoms with van der Waals surface area (Å²) in [6.45, 7) is 3.23. The van der Waals surface area contributed by atoms with Gasteiger partial charge in [-0.1, -0.05) is 17.9 Å². The molecule has 4 nitrogen and oxygen atoms in total. The Morgan fingerprint density at radius 1 is 1.24 bits per heavy atom. The van der Waals surface area contributed by atoms with Crippen LogP contribution in [0.5, 0.6) is 5.75 Å². The summed E-state index contributed by atoms with van der Waals surface area (Å²) in [5.41, 5.74) is 6.29. The predicted octanol–water partition coefficient (Wildman–Crippen LogP) is 1.47. The van der Waals surface area contributed by atoms with E-state index in [1.165, 1.54) is 0 Å². The van der Waals surface area contributed by atoms with Crippen LogP contribution in [0.2, 0.25) is 0 Å². The van der Waals surface area contributed by atoms with Crippen LogP contribution in [0, 0.1) is 11.8 Å². The highest BCUT2D eigenvalue weighted by Gasteiger charge is 2.00. The quantitative estimate of drug-likeness (QED) is 0.534. The van der Waals surface area contributed by atoms with Crippen molar-refractivity contribution in [3.05, 3.63) is 29.8 Å². The van der Waals surface area contributed by atoms with Crippen LogP contribution in [-0.2, 0) is 0 Å². The van der Waals surface area contributed by atoms with E-state index in [1.807, 2.05) is 24.3 Å². The first kappa shape index (κ1) is 17.5. The molecule has 4 heteroatoms. The van der Waals surface area contributed by atoms with Crippen molar-refractivity contribution in [3.8, 4) is 17.6 Å². The van der Waals surface area contributed by atoms with E-state index in [1.54, 1.807) is 0 Å². The van der Waals surface area contributed by atoms with Gasteiger partial charge in [-0.3, -0.25) is 0 Å². The van der Waals surface area contributed by atoms with Crippen LogP contribution < -0.4 is 10.5 Å². The number of ether oxygens (including phenoxy) is 1. The van der Waals surface area contributed by atoms with Crippen LogP contribution in [0.3, 0.4) is 0 Å². The van der Waals surface area contributed by atoms with Crippen molar-refractivity contribution in [1.29, 1.82) is 0 Å². The number of rotatable bonds is 9. The minimum Gasteiger partial charge on any atom is -0.492 e. The number of nitrogens with zero attached hydrogens (tertiary/aromatic N) is 1. The first-order valence-corrected chi connectivity index (χ1v) is 7.47. The summed E-state index contributed by atoms with van der Waals surface area (Å²) in [6.07, 6.45) is 3.08. The number of hydrogen-bond donors (Lipinski definition) is 2. The van der Waals surface area contributed by atoms with Gasteiger partial charge in [-0.05, 0) is 51.1 Å². The Bertz CT molecular complexity index is 452. The minimum absolute atomic E-state index is 0.288. The van der Waals surface area contributed by atoms with Crippen molar-refractivity contribution in [1.82, 2.24) is 4.90 Å². The van der Waals surface area contributed by atoms with Gasteiger partial charge >= 0.3 is 0 Å². The van der Waals surface area contributed by atoms with Crippen molar-refractivity contribution in [3.63, 3.8) is 0 Å². The van der Waals surface area contributed by atoms with E-state index >= 15 is 0 Å². The van der Waals surface area contributed by atoms with Crippen LogP contribution in [0.15, 0.2) is 24.3 Å². The van der Waals surface area contributed by atoms with E-state index < -0.39 is 0 Å². The summed E-state index contributed by atoms with van der Waals surface area (Å²) in [7, 11) is 2.09. The van der Waals surface area contributed by atoms with Crippen molar-refractivity contribution in [2.24, 2.45) is 5.73 Å². The lowest BCUT2D eigenvalue weighted by Gasteiger charge is -2.16. The molecule has 0 fully saturated rings. The fraction of sp³-hybridized carbons (Fsp3) is 0.529. The molecule has 116 valence electrons. The molecule has 0 aliphatic rings. The first-order chi connectivity index (χ1) is 10.3. The standard InChI is InChI=1S/C17H26N2O2/c1-19(11-3-2-4-13-20)12-14-21-17-9-5-7-16(15-17)8-6-10-18/h5,7,9,15,20H,2-4,10-14,18H2,1H3. The van der Waals surface area contributed by atoms with Gasteiger partial charge in [0.05, 0.1) is 6.54 Å². The number of hydrogen-bond acceptors (Lipinski definition) is 4. The molecule has 3 N–H and O–H groups in total. The highest BCUT2D eigenvalue weighted by Crippen LogP contribution is 2.12. The Morgan fingerprint density at radius 3 is 2.86 bits per heavy atom. The van der Waals surface area contributed by atoms with Gasteiger partial charge < -0.3 is 20.5 Å². The number of aliphatic hydroxyl groups is 1. The van der Waals surface area contributed by atoms with E-state index in [9.17, 15) is 0 Å². The van der Waals surface area contributed by atoms with Crippen molar-refractivity contribution < 1.29 is 9.84 Å². The number of aliphatic hydroxyl groups excluding tert-OH is 1. The normalized spacial score (nSPS) is 10.3. The third kappa shape index (κ3) is 8.36. The van der Waals surface area contributed by atoms with E-state index in [0.717, 1.165) is 43.7 Å². The fourth-order valence-corrected chi connectivity index (χ4v) is 1.92. The summed E-state index contributed by atoms with van der Waals surface area (Å²) in [5, 5.41) is 8.73. The third-order valence-corrected chi connectivity index (χ3v) is 3.11. The molecule has 0 heterocycles. The zero-order valence-electron chi connectivity index (χ0n) is 12.8. The number of benzene rings is 1. The Hall–Kier alpha value is -1.54. The molecule has 0 aromatic heterocycles. The smallest absolute Gasteiger partial charge is 0.120 e. The zero-order valence-corrected chi connectivity index (χ0v) is 12.8. The van der Waals surface area contributed by atoms with Gasteiger partial charge in [-0.15, -0.1) is 0 Å². The highest BCUT2D eigenvalue weighted by atomic mass is 16.5. The first-order valence-electron chi connectivity index (χ1n) is 7.47. The van der Waals surface area contributed by atoms with E-state index in [4.69, 9.17) is 15.6 Å². The summed E-state index contributed by atoms with van der Waals surface area (Å²) in [4.78, 5) is 2.25. The van der Waals surface area contributed by atoms with Gasteiger partial charge in [0, 0.05) is 18.7 Å². The average molecular weight is 290 g/mol. The fourth-order valence-electron chi connectivity index (χ4n) is 1.92. The van der Waals surface area contributed by atoms with Gasteiger partial charge in [-0.2, -0.15) is 0 Å². The molecule has 1 aromatic rings. The number of nitrogens with two attached hydrogens (primary N) is 1. The van der Waals surface area contributed by atoms with Crippen molar-refractivity contribution >= 4 is 0 Å². The molecular weight excluding hydrogens is 264 g/mol. The molecule has 21 heavy (non-hydrogen) atoms. The van der Waals surface area contributed by atoms with Crippen LogP contribution in [0.4, 0.5) is 0 Å². The summed E-state index contributed by atoms with van der Waals surface area (Å²) >= 11 is 0. The van der Waals surface area contributed by atoms with Gasteiger partial charge in [0.2, 0.25) is 0 Å². The lowest BCUT2D eigenvalue weighted by molar-refractivity contribution is 0.230. The van der Waals surface area contributed by atoms with Crippen LogP contribution in [-0.4, -0.2) is 49.9 Å². The molecule has 0 spiro atoms. The molecule has 0 aliphatic heterocycles. The van der Waals surface area contributed by atoms with Gasteiger partial charge in [-0.25, -0.2) is 0 Å². The number of unbranched alkanes of at least 4 members (excludes halogenated alkanes) is 2. The monoisotopic (exact) mass is 290 g/mol. The topological polar surface area (TPSA) is 58.7 Å².